The fraction of sp³-hybridized carbons (Fsp3) is 0.541. The Labute approximate surface area is 302 Å². The van der Waals surface area contributed by atoms with E-state index in [0.29, 0.717) is 56.2 Å². The number of hydrogen-bond acceptors (Lipinski definition) is 6. The van der Waals surface area contributed by atoms with E-state index in [0.717, 1.165) is 41.6 Å². The molecule has 0 spiro atoms. The molecular formula is C37H53N7O5S2. The lowest BCUT2D eigenvalue weighted by atomic mass is 10.0. The number of nitrogens with zero attached hydrogens (tertiary/aromatic N) is 5. The summed E-state index contributed by atoms with van der Waals surface area (Å²) in [6, 6.07) is 13.9. The minimum atomic E-state index is -3.52. The number of urea groups is 1. The van der Waals surface area contributed by atoms with Crippen LogP contribution in [0.1, 0.15) is 38.3 Å². The third-order valence-electron chi connectivity index (χ3n) is 10.1. The standard InChI is InChI=1S/C37H53N7O5S2/c1-27(2)26-40-18-20-41(21-19-40)35(45)32(25-28-10-11-33-29(24-28)12-17-43(33)51(48,49)23-22-50(3,4)5)39-36(46)42-15-13-30(14-16-42)44-34-9-7-6-8-31(34)38-37(44)47/h6-12,17,24,27,30,32H,13-16,18-23,25-26H2,1-5H3,(H,38,47)(H,39,46). The van der Waals surface area contributed by atoms with Crippen molar-refractivity contribution in [3.05, 3.63) is 70.8 Å². The molecule has 1 atom stereocenters. The number of nitrogens with one attached hydrogen (secondary N) is 2. The van der Waals surface area contributed by atoms with Gasteiger partial charge in [0.15, 0.2) is 0 Å². The smallest absolute Gasteiger partial charge is 0.326 e. The largest absolute Gasteiger partial charge is 0.338 e. The van der Waals surface area contributed by atoms with Crippen molar-refractivity contribution in [2.24, 2.45) is 5.92 Å². The predicted molar refractivity (Wildman–Crippen MR) is 208 cm³/mol. The molecule has 2 aromatic heterocycles. The Balaban J connectivity index is 1.17. The molecule has 2 aromatic carbocycles. The summed E-state index contributed by atoms with van der Waals surface area (Å²) in [6.45, 7) is 9.05. The number of rotatable bonds is 11. The topological polar surface area (TPSA) is 133 Å². The van der Waals surface area contributed by atoms with Gasteiger partial charge in [-0.15, -0.1) is 0 Å². The van der Waals surface area contributed by atoms with Gasteiger partial charge in [0.1, 0.15) is 6.04 Å². The van der Waals surface area contributed by atoms with Gasteiger partial charge in [-0.1, -0.05) is 32.0 Å². The van der Waals surface area contributed by atoms with E-state index in [1.165, 1.54) is 3.97 Å². The molecule has 278 valence electrons. The van der Waals surface area contributed by atoms with Crippen molar-refractivity contribution in [1.82, 2.24) is 33.5 Å². The van der Waals surface area contributed by atoms with Crippen LogP contribution in [0.5, 0.6) is 0 Å². The van der Waals surface area contributed by atoms with Crippen LogP contribution in [-0.4, -0.2) is 131 Å². The Morgan fingerprint density at radius 3 is 2.27 bits per heavy atom. The molecule has 0 saturated carbocycles. The first-order valence-electron chi connectivity index (χ1n) is 17.9. The Hall–Kier alpha value is -3.75. The van der Waals surface area contributed by atoms with E-state index in [9.17, 15) is 22.8 Å². The summed E-state index contributed by atoms with van der Waals surface area (Å²) in [6.07, 6.45) is 9.47. The summed E-state index contributed by atoms with van der Waals surface area (Å²) in [4.78, 5) is 49.6. The molecule has 4 aromatic rings. The molecule has 0 bridgehead atoms. The molecule has 0 aliphatic carbocycles. The van der Waals surface area contributed by atoms with Crippen LogP contribution in [-0.2, 0) is 21.2 Å². The van der Waals surface area contributed by atoms with E-state index in [2.05, 4.69) is 47.8 Å². The van der Waals surface area contributed by atoms with Crippen molar-refractivity contribution < 1.29 is 18.0 Å². The number of aromatic amines is 1. The highest BCUT2D eigenvalue weighted by molar-refractivity contribution is 8.32. The number of imidazole rings is 1. The molecule has 6 rings (SSSR count). The van der Waals surface area contributed by atoms with Crippen LogP contribution in [0.4, 0.5) is 4.79 Å². The maximum absolute atomic E-state index is 14.1. The molecule has 0 radical (unpaired) electrons. The number of hydrogen-bond donors (Lipinski definition) is 2. The number of carbonyl (C=O) groups excluding carboxylic acids is 2. The van der Waals surface area contributed by atoms with Crippen LogP contribution in [0, 0.1) is 5.92 Å². The highest BCUT2D eigenvalue weighted by Gasteiger charge is 2.32. The van der Waals surface area contributed by atoms with Gasteiger partial charge in [0.05, 0.1) is 22.3 Å². The summed E-state index contributed by atoms with van der Waals surface area (Å²) in [5, 5.41) is 3.86. The average Bonchev–Trinajstić information content (AvgIpc) is 3.67. The molecule has 12 nitrogen and oxygen atoms in total. The monoisotopic (exact) mass is 739 g/mol. The quantitative estimate of drug-likeness (QED) is 0.240. The zero-order valence-electron chi connectivity index (χ0n) is 30.5. The molecule has 51 heavy (non-hydrogen) atoms. The first-order chi connectivity index (χ1) is 24.2. The third kappa shape index (κ3) is 8.66. The van der Waals surface area contributed by atoms with Gasteiger partial charge < -0.3 is 20.1 Å². The molecule has 2 aliphatic rings. The zero-order chi connectivity index (χ0) is 36.5. The van der Waals surface area contributed by atoms with Crippen molar-refractivity contribution in [2.45, 2.75) is 45.2 Å². The van der Waals surface area contributed by atoms with E-state index in [1.807, 2.05) is 41.3 Å². The number of aromatic nitrogens is 3. The Morgan fingerprint density at radius 1 is 0.882 bits per heavy atom. The van der Waals surface area contributed by atoms with E-state index < -0.39 is 26.1 Å². The fourth-order valence-electron chi connectivity index (χ4n) is 7.32. The second-order valence-corrected chi connectivity index (χ2v) is 21.9. The van der Waals surface area contributed by atoms with Crippen molar-refractivity contribution in [3.63, 3.8) is 0 Å². The first kappa shape index (κ1) is 37.0. The normalized spacial score (nSPS) is 17.8. The lowest BCUT2D eigenvalue weighted by Crippen LogP contribution is -2.57. The molecule has 14 heteroatoms. The summed E-state index contributed by atoms with van der Waals surface area (Å²) >= 11 is 0. The SMILES string of the molecule is CC(C)CN1CCN(C(=O)C(Cc2ccc3c(ccn3S(=O)(=O)CCS(C)(C)C)c2)NC(=O)N2CCC(n3c(=O)[nH]c4ccccc43)CC2)CC1. The number of piperazine rings is 1. The maximum atomic E-state index is 14.1. The van der Waals surface area contributed by atoms with Gasteiger partial charge in [-0.2, -0.15) is 0 Å². The maximum Gasteiger partial charge on any atom is 0.326 e. The predicted octanol–water partition coefficient (Wildman–Crippen LogP) is 3.91. The first-order valence-corrected chi connectivity index (χ1v) is 22.6. The Bertz CT molecular complexity index is 2030. The zero-order valence-corrected chi connectivity index (χ0v) is 32.1. The Kier molecular flexibility index (Phi) is 10.9. The minimum absolute atomic E-state index is 0.0326. The lowest BCUT2D eigenvalue weighted by Gasteiger charge is -2.38. The van der Waals surface area contributed by atoms with Crippen molar-refractivity contribution >= 4 is 53.9 Å². The summed E-state index contributed by atoms with van der Waals surface area (Å²) in [5.41, 5.74) is 2.96. The van der Waals surface area contributed by atoms with Crippen LogP contribution < -0.4 is 11.0 Å². The molecule has 2 saturated heterocycles. The van der Waals surface area contributed by atoms with Gasteiger partial charge in [0.25, 0.3) is 0 Å². The van der Waals surface area contributed by atoms with Gasteiger partial charge in [0, 0.05) is 69.9 Å². The number of carbonyl (C=O) groups is 2. The highest BCUT2D eigenvalue weighted by Crippen LogP contribution is 2.34. The number of fused-ring (bicyclic) bond motifs is 2. The van der Waals surface area contributed by atoms with Crippen molar-refractivity contribution in [3.8, 4) is 0 Å². The highest BCUT2D eigenvalue weighted by atomic mass is 32.3. The van der Waals surface area contributed by atoms with Gasteiger partial charge in [-0.3, -0.25) is 14.3 Å². The van der Waals surface area contributed by atoms with Gasteiger partial charge in [-0.05, 0) is 79.2 Å². The average molecular weight is 740 g/mol. The van der Waals surface area contributed by atoms with E-state index in [1.54, 1.807) is 27.8 Å². The van der Waals surface area contributed by atoms with Crippen LogP contribution >= 0.6 is 10.0 Å². The molecule has 2 aliphatic heterocycles. The van der Waals surface area contributed by atoms with Crippen LogP contribution in [0.2, 0.25) is 0 Å². The van der Waals surface area contributed by atoms with Gasteiger partial charge in [0.2, 0.25) is 15.9 Å². The van der Waals surface area contributed by atoms with E-state index in [4.69, 9.17) is 0 Å². The second-order valence-electron chi connectivity index (χ2n) is 15.4. The summed E-state index contributed by atoms with van der Waals surface area (Å²) < 4.78 is 29.7. The number of benzene rings is 2. The molecule has 2 fully saturated rings. The fourth-order valence-corrected chi connectivity index (χ4v) is 11.1. The number of para-hydroxylation sites is 2. The van der Waals surface area contributed by atoms with E-state index in [-0.39, 0.29) is 35.8 Å². The number of piperidine rings is 1. The lowest BCUT2D eigenvalue weighted by molar-refractivity contribution is -0.135. The van der Waals surface area contributed by atoms with E-state index >= 15 is 0 Å². The molecule has 4 heterocycles. The molecule has 2 N–H and O–H groups in total. The van der Waals surface area contributed by atoms with Crippen LogP contribution in [0.3, 0.4) is 0 Å². The summed E-state index contributed by atoms with van der Waals surface area (Å²) in [7, 11) is -4.50. The Morgan fingerprint density at radius 2 is 1.59 bits per heavy atom. The second kappa shape index (κ2) is 15.1. The number of amides is 3. The van der Waals surface area contributed by atoms with Crippen molar-refractivity contribution in [1.29, 1.82) is 0 Å². The number of likely N-dealkylation sites (tertiary alicyclic amines) is 1. The van der Waals surface area contributed by atoms with Crippen LogP contribution in [0.15, 0.2) is 59.5 Å². The molecular weight excluding hydrogens is 687 g/mol. The van der Waals surface area contributed by atoms with Gasteiger partial charge >= 0.3 is 11.7 Å². The molecule has 1 unspecified atom stereocenters. The van der Waals surface area contributed by atoms with Gasteiger partial charge in [-0.25, -0.2) is 32.0 Å². The van der Waals surface area contributed by atoms with Crippen molar-refractivity contribution in [2.75, 3.05) is 76.1 Å². The minimum Gasteiger partial charge on any atom is -0.338 e. The molecule has 3 amide bonds. The van der Waals surface area contributed by atoms with Crippen LogP contribution in [0.25, 0.3) is 21.9 Å². The number of H-pyrrole nitrogens is 1. The summed E-state index contributed by atoms with van der Waals surface area (Å²) in [5.74, 6) is 1.14. The third-order valence-corrected chi connectivity index (χ3v) is 13.4.